The molecule has 0 radical (unpaired) electrons. The first-order valence-electron chi connectivity index (χ1n) is 8.48. The van der Waals surface area contributed by atoms with E-state index in [1.807, 2.05) is 0 Å². The van der Waals surface area contributed by atoms with Gasteiger partial charge in [0.05, 0.1) is 28.7 Å². The molecule has 0 spiro atoms. The van der Waals surface area contributed by atoms with E-state index in [4.69, 9.17) is 0 Å². The summed E-state index contributed by atoms with van der Waals surface area (Å²) in [7, 11) is 0. The highest BCUT2D eigenvalue weighted by Gasteiger charge is 2.30. The van der Waals surface area contributed by atoms with Gasteiger partial charge in [0.25, 0.3) is 5.56 Å². The number of alkyl halides is 3. The van der Waals surface area contributed by atoms with Crippen molar-refractivity contribution in [1.82, 2.24) is 14.8 Å². The molecule has 5 nitrogen and oxygen atoms in total. The molecule has 0 amide bonds. The second-order valence-electron chi connectivity index (χ2n) is 7.05. The molecule has 0 atom stereocenters. The number of pyridine rings is 1. The van der Waals surface area contributed by atoms with Crippen LogP contribution in [0.15, 0.2) is 59.7 Å². The fraction of sp³-hybridized carbons (Fsp3) is 0.250. The average Bonchev–Trinajstić information content (AvgIpc) is 2.62. The summed E-state index contributed by atoms with van der Waals surface area (Å²) in [6.07, 6.45) is -1.38. The molecule has 0 saturated heterocycles. The van der Waals surface area contributed by atoms with Crippen molar-refractivity contribution < 1.29 is 18.3 Å². The molecule has 1 N–H and O–H groups in total. The number of halogens is 3. The molecule has 0 unspecified atom stereocenters. The number of aromatic nitrogens is 3. The SMILES string of the molecule is CC(C)(O)Cc1cc(-c2ccc(C(F)(F)F)cc2)nn(-c2cccnc2)c1=O. The number of rotatable bonds is 4. The third-order valence-corrected chi connectivity index (χ3v) is 4.01. The topological polar surface area (TPSA) is 68.0 Å². The standard InChI is InChI=1S/C20H18F3N3O2/c1-19(2,28)11-14-10-17(13-5-7-15(8-6-13)20(21,22)23)25-26(18(14)27)16-4-3-9-24-12-16/h3-10,12,28H,11H2,1-2H3. The van der Waals surface area contributed by atoms with E-state index in [0.29, 0.717) is 22.5 Å². The van der Waals surface area contributed by atoms with Gasteiger partial charge in [0.1, 0.15) is 0 Å². The molecule has 2 aromatic heterocycles. The van der Waals surface area contributed by atoms with Gasteiger partial charge in [0.2, 0.25) is 0 Å². The maximum absolute atomic E-state index is 12.8. The Kier molecular flexibility index (Phi) is 5.08. The minimum absolute atomic E-state index is 0.0578. The van der Waals surface area contributed by atoms with Crippen LogP contribution in [0.5, 0.6) is 0 Å². The third-order valence-electron chi connectivity index (χ3n) is 4.01. The third kappa shape index (κ3) is 4.45. The van der Waals surface area contributed by atoms with Crippen LogP contribution in [0.25, 0.3) is 16.9 Å². The molecule has 0 bridgehead atoms. The monoisotopic (exact) mass is 389 g/mol. The maximum atomic E-state index is 12.8. The number of hydrogen-bond donors (Lipinski definition) is 1. The zero-order valence-corrected chi connectivity index (χ0v) is 15.2. The summed E-state index contributed by atoms with van der Waals surface area (Å²) < 4.78 is 39.6. The van der Waals surface area contributed by atoms with Crippen LogP contribution in [-0.2, 0) is 12.6 Å². The van der Waals surface area contributed by atoms with Gasteiger partial charge < -0.3 is 5.11 Å². The Labute approximate surface area is 159 Å². The zero-order chi connectivity index (χ0) is 20.5. The first-order valence-corrected chi connectivity index (χ1v) is 8.48. The van der Waals surface area contributed by atoms with Gasteiger partial charge >= 0.3 is 6.18 Å². The molecule has 28 heavy (non-hydrogen) atoms. The zero-order valence-electron chi connectivity index (χ0n) is 15.2. The lowest BCUT2D eigenvalue weighted by Crippen LogP contribution is -2.31. The highest BCUT2D eigenvalue weighted by atomic mass is 19.4. The van der Waals surface area contributed by atoms with Crippen molar-refractivity contribution in [3.63, 3.8) is 0 Å². The van der Waals surface area contributed by atoms with E-state index in [1.165, 1.54) is 24.4 Å². The molecule has 0 saturated carbocycles. The van der Waals surface area contributed by atoms with Crippen LogP contribution in [0.4, 0.5) is 13.2 Å². The first-order chi connectivity index (χ1) is 13.0. The van der Waals surface area contributed by atoms with Gasteiger partial charge in [-0.05, 0) is 44.2 Å². The summed E-state index contributed by atoms with van der Waals surface area (Å²) in [5.41, 5.74) is -0.900. The molecular weight excluding hydrogens is 371 g/mol. The summed E-state index contributed by atoms with van der Waals surface area (Å²) in [5, 5.41) is 14.4. The van der Waals surface area contributed by atoms with Crippen molar-refractivity contribution in [2.24, 2.45) is 0 Å². The number of nitrogens with zero attached hydrogens (tertiary/aromatic N) is 3. The van der Waals surface area contributed by atoms with Crippen molar-refractivity contribution in [2.45, 2.75) is 32.0 Å². The second-order valence-corrected chi connectivity index (χ2v) is 7.05. The van der Waals surface area contributed by atoms with Crippen LogP contribution in [0.2, 0.25) is 0 Å². The molecule has 2 heterocycles. The van der Waals surface area contributed by atoms with E-state index >= 15 is 0 Å². The molecule has 8 heteroatoms. The van der Waals surface area contributed by atoms with Crippen molar-refractivity contribution in [3.05, 3.63) is 76.3 Å². The Morgan fingerprint density at radius 2 is 1.79 bits per heavy atom. The number of aliphatic hydroxyl groups is 1. The quantitative estimate of drug-likeness (QED) is 0.740. The molecule has 0 aliphatic heterocycles. The van der Waals surface area contributed by atoms with E-state index < -0.39 is 22.9 Å². The lowest BCUT2D eigenvalue weighted by Gasteiger charge is -2.18. The lowest BCUT2D eigenvalue weighted by molar-refractivity contribution is -0.137. The summed E-state index contributed by atoms with van der Waals surface area (Å²) >= 11 is 0. The highest BCUT2D eigenvalue weighted by molar-refractivity contribution is 5.60. The summed E-state index contributed by atoms with van der Waals surface area (Å²) in [5.74, 6) is 0. The van der Waals surface area contributed by atoms with Gasteiger partial charge in [-0.2, -0.15) is 23.0 Å². The molecule has 1 aromatic carbocycles. The maximum Gasteiger partial charge on any atom is 0.416 e. The number of hydrogen-bond acceptors (Lipinski definition) is 4. The van der Waals surface area contributed by atoms with Gasteiger partial charge in [0, 0.05) is 23.7 Å². The van der Waals surface area contributed by atoms with Crippen molar-refractivity contribution >= 4 is 0 Å². The first kappa shape index (κ1) is 19.8. The van der Waals surface area contributed by atoms with E-state index in [1.54, 1.807) is 32.2 Å². The predicted molar refractivity (Wildman–Crippen MR) is 98.1 cm³/mol. The Morgan fingerprint density at radius 1 is 1.11 bits per heavy atom. The van der Waals surface area contributed by atoms with Crippen LogP contribution in [0.1, 0.15) is 25.0 Å². The molecule has 3 rings (SSSR count). The molecule has 3 aromatic rings. The highest BCUT2D eigenvalue weighted by Crippen LogP contribution is 2.30. The van der Waals surface area contributed by atoms with E-state index in [0.717, 1.165) is 16.8 Å². The predicted octanol–water partition coefficient (Wildman–Crippen LogP) is 3.63. The normalized spacial score (nSPS) is 12.2. The van der Waals surface area contributed by atoms with Gasteiger partial charge in [-0.15, -0.1) is 0 Å². The van der Waals surface area contributed by atoms with Gasteiger partial charge in [-0.25, -0.2) is 0 Å². The molecule has 146 valence electrons. The van der Waals surface area contributed by atoms with E-state index in [-0.39, 0.29) is 6.42 Å². The molecule has 0 aliphatic rings. The van der Waals surface area contributed by atoms with E-state index in [2.05, 4.69) is 10.1 Å². The van der Waals surface area contributed by atoms with Crippen LogP contribution in [0, 0.1) is 0 Å². The van der Waals surface area contributed by atoms with Gasteiger partial charge in [0.15, 0.2) is 0 Å². The molecule has 0 aliphatic carbocycles. The number of benzene rings is 1. The van der Waals surface area contributed by atoms with Crippen LogP contribution in [0.3, 0.4) is 0 Å². The second kappa shape index (κ2) is 7.20. The van der Waals surface area contributed by atoms with Gasteiger partial charge in [-0.3, -0.25) is 9.78 Å². The fourth-order valence-electron chi connectivity index (χ4n) is 2.76. The summed E-state index contributed by atoms with van der Waals surface area (Å²) in [4.78, 5) is 16.8. The van der Waals surface area contributed by atoms with Crippen molar-refractivity contribution in [3.8, 4) is 16.9 Å². The van der Waals surface area contributed by atoms with Crippen LogP contribution >= 0.6 is 0 Å². The Hall–Kier alpha value is -3.00. The van der Waals surface area contributed by atoms with Gasteiger partial charge in [-0.1, -0.05) is 12.1 Å². The van der Waals surface area contributed by atoms with Crippen molar-refractivity contribution in [2.75, 3.05) is 0 Å². The summed E-state index contributed by atoms with van der Waals surface area (Å²) in [6.45, 7) is 3.14. The minimum Gasteiger partial charge on any atom is -0.390 e. The van der Waals surface area contributed by atoms with Crippen molar-refractivity contribution in [1.29, 1.82) is 0 Å². The van der Waals surface area contributed by atoms with Crippen LogP contribution < -0.4 is 5.56 Å². The fourth-order valence-corrected chi connectivity index (χ4v) is 2.76. The minimum atomic E-state index is -4.44. The smallest absolute Gasteiger partial charge is 0.390 e. The molecule has 0 fully saturated rings. The molecular formula is C20H18F3N3O2. The van der Waals surface area contributed by atoms with E-state index in [9.17, 15) is 23.1 Å². The Morgan fingerprint density at radius 3 is 2.32 bits per heavy atom. The average molecular weight is 389 g/mol. The van der Waals surface area contributed by atoms with Crippen LogP contribution in [-0.4, -0.2) is 25.5 Å². The largest absolute Gasteiger partial charge is 0.416 e. The lowest BCUT2D eigenvalue weighted by atomic mass is 9.98. The Bertz CT molecular complexity index is 1020. The summed E-state index contributed by atoms with van der Waals surface area (Å²) in [6, 6.07) is 9.32. The Balaban J connectivity index is 2.16.